The van der Waals surface area contributed by atoms with Crippen LogP contribution in [-0.4, -0.2) is 22.8 Å². The summed E-state index contributed by atoms with van der Waals surface area (Å²) < 4.78 is 5.21. The molecule has 0 unspecified atom stereocenters. The van der Waals surface area contributed by atoms with Crippen molar-refractivity contribution in [3.8, 4) is 28.3 Å². The van der Waals surface area contributed by atoms with Crippen LogP contribution < -0.4 is 10.2 Å². The molecule has 0 amide bonds. The fourth-order valence-electron chi connectivity index (χ4n) is 3.04. The Morgan fingerprint density at radius 2 is 1.30 bits per heavy atom. The Bertz CT molecular complexity index is 1080. The molecule has 0 aliphatic heterocycles. The number of methoxy groups -OCH3 is 1. The number of nitrogens with one attached hydrogen (secondary N) is 1. The minimum atomic E-state index is 0.447. The van der Waals surface area contributed by atoms with E-state index in [0.717, 1.165) is 39.5 Å². The van der Waals surface area contributed by atoms with Gasteiger partial charge in [0.15, 0.2) is 0 Å². The largest absolute Gasteiger partial charge is 0.497 e. The second-order valence-corrected chi connectivity index (χ2v) is 6.73. The lowest BCUT2D eigenvalue weighted by atomic mass is 10.1. The van der Waals surface area contributed by atoms with E-state index in [9.17, 15) is 0 Å². The van der Waals surface area contributed by atoms with Crippen LogP contribution in [-0.2, 0) is 0 Å². The molecule has 0 radical (unpaired) electrons. The van der Waals surface area contributed by atoms with Gasteiger partial charge in [-0.2, -0.15) is 5.10 Å². The van der Waals surface area contributed by atoms with E-state index in [1.54, 1.807) is 7.11 Å². The van der Waals surface area contributed by atoms with E-state index in [-0.39, 0.29) is 0 Å². The van der Waals surface area contributed by atoms with Crippen molar-refractivity contribution in [1.29, 1.82) is 0 Å². The highest BCUT2D eigenvalue weighted by Gasteiger charge is 2.08. The van der Waals surface area contributed by atoms with Crippen LogP contribution in [0.3, 0.4) is 0 Å². The molecule has 4 rings (SSSR count). The lowest BCUT2D eigenvalue weighted by Crippen LogP contribution is -2.04. The summed E-state index contributed by atoms with van der Waals surface area (Å²) in [6.45, 7) is 1.94. The topological polar surface area (TPSA) is 59.4 Å². The molecule has 0 aliphatic carbocycles. The molecule has 0 spiro atoms. The van der Waals surface area contributed by atoms with Crippen molar-refractivity contribution in [3.05, 3.63) is 96.6 Å². The highest BCUT2D eigenvalue weighted by Crippen LogP contribution is 2.25. The Morgan fingerprint density at radius 1 is 0.767 bits per heavy atom. The Labute approximate surface area is 176 Å². The normalized spacial score (nSPS) is 11.2. The van der Waals surface area contributed by atoms with Crippen LogP contribution in [0.15, 0.2) is 96.1 Å². The third-order valence-electron chi connectivity index (χ3n) is 4.70. The summed E-state index contributed by atoms with van der Waals surface area (Å²) in [6.07, 6.45) is 0. The highest BCUT2D eigenvalue weighted by atomic mass is 16.5. The molecule has 1 heterocycles. The van der Waals surface area contributed by atoms with E-state index in [4.69, 9.17) is 4.74 Å². The molecule has 5 nitrogen and oxygen atoms in total. The monoisotopic (exact) mass is 394 g/mol. The van der Waals surface area contributed by atoms with Crippen molar-refractivity contribution in [2.75, 3.05) is 12.5 Å². The predicted molar refractivity (Wildman–Crippen MR) is 122 cm³/mol. The second kappa shape index (κ2) is 9.01. The molecular weight excluding hydrogens is 372 g/mol. The van der Waals surface area contributed by atoms with Crippen molar-refractivity contribution in [2.45, 2.75) is 6.92 Å². The minimum absolute atomic E-state index is 0.447. The molecule has 148 valence electrons. The molecule has 0 saturated carbocycles. The number of hydrogen-bond donors (Lipinski definition) is 1. The van der Waals surface area contributed by atoms with Crippen molar-refractivity contribution in [1.82, 2.24) is 9.97 Å². The van der Waals surface area contributed by atoms with Gasteiger partial charge in [-0.25, -0.2) is 15.4 Å². The molecular formula is C25H22N4O. The van der Waals surface area contributed by atoms with Gasteiger partial charge in [-0.3, -0.25) is 0 Å². The van der Waals surface area contributed by atoms with Gasteiger partial charge >= 0.3 is 0 Å². The zero-order valence-electron chi connectivity index (χ0n) is 16.9. The Morgan fingerprint density at radius 3 is 1.80 bits per heavy atom. The average molecular weight is 394 g/mol. The summed E-state index contributed by atoms with van der Waals surface area (Å²) in [5.41, 5.74) is 8.57. The second-order valence-electron chi connectivity index (χ2n) is 6.73. The molecule has 0 aliphatic rings. The summed E-state index contributed by atoms with van der Waals surface area (Å²) in [6, 6.07) is 29.9. The Hall–Kier alpha value is -3.99. The zero-order valence-corrected chi connectivity index (χ0v) is 16.9. The molecule has 0 fully saturated rings. The SMILES string of the molecule is COc1ccc(C(C)=NNc2nc(-c3ccccc3)cc(-c3ccccc3)n2)cc1. The average Bonchev–Trinajstić information content (AvgIpc) is 2.83. The minimum Gasteiger partial charge on any atom is -0.497 e. The fourth-order valence-corrected chi connectivity index (χ4v) is 3.04. The number of benzene rings is 3. The van der Waals surface area contributed by atoms with Crippen LogP contribution in [0.1, 0.15) is 12.5 Å². The van der Waals surface area contributed by atoms with Crippen molar-refractivity contribution < 1.29 is 4.74 Å². The van der Waals surface area contributed by atoms with E-state index < -0.39 is 0 Å². The molecule has 0 saturated heterocycles. The van der Waals surface area contributed by atoms with Gasteiger partial charge in [-0.05, 0) is 42.8 Å². The van der Waals surface area contributed by atoms with Crippen LogP contribution in [0, 0.1) is 0 Å². The van der Waals surface area contributed by atoms with Crippen molar-refractivity contribution in [3.63, 3.8) is 0 Å². The number of rotatable bonds is 6. The van der Waals surface area contributed by atoms with Gasteiger partial charge in [0.1, 0.15) is 5.75 Å². The first-order valence-electron chi connectivity index (χ1n) is 9.67. The van der Waals surface area contributed by atoms with E-state index in [1.165, 1.54) is 0 Å². The van der Waals surface area contributed by atoms with Crippen molar-refractivity contribution >= 4 is 11.7 Å². The first kappa shape index (κ1) is 19.3. The van der Waals surface area contributed by atoms with Crippen LogP contribution in [0.4, 0.5) is 5.95 Å². The standard InChI is InChI=1S/C25H22N4O/c1-18(19-13-15-22(30-2)16-14-19)28-29-25-26-23(20-9-5-3-6-10-20)17-24(27-25)21-11-7-4-8-12-21/h3-17H,1-2H3,(H,26,27,29). The van der Waals surface area contributed by atoms with Crippen LogP contribution in [0.5, 0.6) is 5.75 Å². The number of hydrogen-bond acceptors (Lipinski definition) is 5. The third-order valence-corrected chi connectivity index (χ3v) is 4.70. The van der Waals surface area contributed by atoms with Crippen molar-refractivity contribution in [2.24, 2.45) is 5.10 Å². The molecule has 1 N–H and O–H groups in total. The van der Waals surface area contributed by atoms with Gasteiger partial charge in [0.2, 0.25) is 5.95 Å². The molecule has 0 atom stereocenters. The number of nitrogens with zero attached hydrogens (tertiary/aromatic N) is 3. The number of ether oxygens (including phenoxy) is 1. The first-order valence-corrected chi connectivity index (χ1v) is 9.67. The summed E-state index contributed by atoms with van der Waals surface area (Å²) in [5, 5.41) is 4.49. The molecule has 3 aromatic carbocycles. The summed E-state index contributed by atoms with van der Waals surface area (Å²) >= 11 is 0. The Balaban J connectivity index is 1.68. The number of hydrazone groups is 1. The van der Waals surface area contributed by atoms with Crippen LogP contribution in [0.2, 0.25) is 0 Å². The predicted octanol–water partition coefficient (Wildman–Crippen LogP) is 5.66. The quantitative estimate of drug-likeness (QED) is 0.339. The van der Waals surface area contributed by atoms with Gasteiger partial charge < -0.3 is 4.74 Å². The zero-order chi connectivity index (χ0) is 20.8. The molecule has 0 bridgehead atoms. The van der Waals surface area contributed by atoms with E-state index in [1.807, 2.05) is 97.9 Å². The van der Waals surface area contributed by atoms with Gasteiger partial charge in [0.25, 0.3) is 0 Å². The molecule has 5 heteroatoms. The third kappa shape index (κ3) is 4.52. The lowest BCUT2D eigenvalue weighted by Gasteiger charge is -2.09. The van der Waals surface area contributed by atoms with Gasteiger partial charge in [0.05, 0.1) is 24.2 Å². The van der Waals surface area contributed by atoms with Crippen LogP contribution >= 0.6 is 0 Å². The number of anilines is 1. The lowest BCUT2D eigenvalue weighted by molar-refractivity contribution is 0.415. The number of aromatic nitrogens is 2. The maximum absolute atomic E-state index is 5.21. The van der Waals surface area contributed by atoms with E-state index in [0.29, 0.717) is 5.95 Å². The smallest absolute Gasteiger partial charge is 0.244 e. The summed E-state index contributed by atoms with van der Waals surface area (Å²) in [5.74, 6) is 1.26. The molecule has 4 aromatic rings. The van der Waals surface area contributed by atoms with Gasteiger partial charge in [-0.1, -0.05) is 60.7 Å². The maximum atomic E-state index is 5.21. The van der Waals surface area contributed by atoms with Gasteiger partial charge in [0, 0.05) is 11.1 Å². The Kier molecular flexibility index (Phi) is 5.80. The first-order chi connectivity index (χ1) is 14.7. The highest BCUT2D eigenvalue weighted by molar-refractivity contribution is 5.99. The van der Waals surface area contributed by atoms with Gasteiger partial charge in [-0.15, -0.1) is 0 Å². The van der Waals surface area contributed by atoms with E-state index >= 15 is 0 Å². The molecule has 30 heavy (non-hydrogen) atoms. The maximum Gasteiger partial charge on any atom is 0.244 e. The summed E-state index contributed by atoms with van der Waals surface area (Å²) in [4.78, 5) is 9.35. The fraction of sp³-hybridized carbons (Fsp3) is 0.0800. The van der Waals surface area contributed by atoms with E-state index in [2.05, 4.69) is 20.5 Å². The molecule has 1 aromatic heterocycles. The van der Waals surface area contributed by atoms with Crippen LogP contribution in [0.25, 0.3) is 22.5 Å². The summed E-state index contributed by atoms with van der Waals surface area (Å²) in [7, 11) is 1.65.